The van der Waals surface area contributed by atoms with E-state index in [0.29, 0.717) is 23.2 Å². The van der Waals surface area contributed by atoms with Crippen LogP contribution in [0.15, 0.2) is 53.6 Å². The average Bonchev–Trinajstić information content (AvgIpc) is 3.33. The number of aromatic nitrogens is 4. The summed E-state index contributed by atoms with van der Waals surface area (Å²) in [6, 6.07) is 11.8. The fourth-order valence-electron chi connectivity index (χ4n) is 2.58. The quantitative estimate of drug-likeness (QED) is 0.742. The topological polar surface area (TPSA) is 61.9 Å². The van der Waals surface area contributed by atoms with Crippen LogP contribution in [0.25, 0.3) is 17.1 Å². The molecular weight excluding hydrogens is 292 g/mol. The highest BCUT2D eigenvalue weighted by Crippen LogP contribution is 2.34. The zero-order valence-electron chi connectivity index (χ0n) is 12.7. The van der Waals surface area contributed by atoms with Gasteiger partial charge in [-0.05, 0) is 31.0 Å². The van der Waals surface area contributed by atoms with E-state index >= 15 is 0 Å². The normalized spacial score (nSPS) is 14.0. The third kappa shape index (κ3) is 2.42. The second kappa shape index (κ2) is 5.39. The number of nitrogens with zero attached hydrogens (tertiary/aromatic N) is 4. The van der Waals surface area contributed by atoms with Gasteiger partial charge in [-0.2, -0.15) is 10.2 Å². The third-order valence-corrected chi connectivity index (χ3v) is 3.93. The summed E-state index contributed by atoms with van der Waals surface area (Å²) in [5.41, 5.74) is 1.68. The maximum absolute atomic E-state index is 12.6. The number of ether oxygens (including phenoxy) is 1. The third-order valence-electron chi connectivity index (χ3n) is 3.93. The predicted octanol–water partition coefficient (Wildman–Crippen LogP) is 2.44. The molecule has 1 aliphatic carbocycles. The largest absolute Gasteiger partial charge is 0.491 e. The van der Waals surface area contributed by atoms with Crippen LogP contribution in [-0.2, 0) is 0 Å². The van der Waals surface area contributed by atoms with Crippen molar-refractivity contribution in [3.63, 3.8) is 0 Å². The predicted molar refractivity (Wildman–Crippen MR) is 85.9 cm³/mol. The summed E-state index contributed by atoms with van der Waals surface area (Å²) >= 11 is 0. The van der Waals surface area contributed by atoms with Crippen molar-refractivity contribution < 1.29 is 4.74 Å². The van der Waals surface area contributed by atoms with Gasteiger partial charge in [-0.25, -0.2) is 4.68 Å². The molecule has 6 heteroatoms. The van der Waals surface area contributed by atoms with Crippen LogP contribution in [0.4, 0.5) is 0 Å². The van der Waals surface area contributed by atoms with Crippen LogP contribution in [0.2, 0.25) is 0 Å². The molecule has 0 saturated heterocycles. The van der Waals surface area contributed by atoms with Crippen LogP contribution in [0.3, 0.4) is 0 Å². The van der Waals surface area contributed by atoms with Crippen LogP contribution in [0, 0.1) is 0 Å². The highest BCUT2D eigenvalue weighted by Gasteiger charge is 2.26. The Morgan fingerprint density at radius 3 is 2.65 bits per heavy atom. The lowest BCUT2D eigenvalue weighted by molar-refractivity contribution is 0.400. The smallest absolute Gasteiger partial charge is 0.251 e. The Labute approximate surface area is 132 Å². The van der Waals surface area contributed by atoms with Crippen LogP contribution in [0.1, 0.15) is 18.9 Å². The Hall–Kier alpha value is -2.89. The molecule has 1 aliphatic rings. The average molecular weight is 308 g/mol. The summed E-state index contributed by atoms with van der Waals surface area (Å²) in [7, 11) is 1.51. The molecule has 2 aromatic heterocycles. The second-order valence-electron chi connectivity index (χ2n) is 5.55. The minimum absolute atomic E-state index is 0.220. The van der Waals surface area contributed by atoms with Gasteiger partial charge in [0.2, 0.25) is 0 Å². The molecule has 1 fully saturated rings. The summed E-state index contributed by atoms with van der Waals surface area (Å²) in [5, 5.41) is 8.87. The van der Waals surface area contributed by atoms with E-state index in [4.69, 9.17) is 4.74 Å². The van der Waals surface area contributed by atoms with Crippen LogP contribution in [-0.4, -0.2) is 26.7 Å². The van der Waals surface area contributed by atoms with Gasteiger partial charge in [-0.3, -0.25) is 9.48 Å². The van der Waals surface area contributed by atoms with E-state index in [2.05, 4.69) is 10.2 Å². The van der Waals surface area contributed by atoms with Gasteiger partial charge in [-0.15, -0.1) is 0 Å². The molecule has 0 aliphatic heterocycles. The molecule has 0 N–H and O–H groups in total. The Morgan fingerprint density at radius 2 is 1.96 bits per heavy atom. The Bertz CT molecular complexity index is 894. The van der Waals surface area contributed by atoms with Crippen LogP contribution < -0.4 is 10.2 Å². The Morgan fingerprint density at radius 1 is 1.17 bits per heavy atom. The monoisotopic (exact) mass is 308 g/mol. The molecule has 0 atom stereocenters. The van der Waals surface area contributed by atoms with E-state index in [0.717, 1.165) is 18.5 Å². The summed E-state index contributed by atoms with van der Waals surface area (Å²) in [6.45, 7) is 0. The summed E-state index contributed by atoms with van der Waals surface area (Å²) in [4.78, 5) is 12.6. The lowest BCUT2D eigenvalue weighted by Gasteiger charge is -2.11. The van der Waals surface area contributed by atoms with Gasteiger partial charge in [0.25, 0.3) is 5.43 Å². The van der Waals surface area contributed by atoms with Crippen molar-refractivity contribution in [1.29, 1.82) is 0 Å². The zero-order valence-corrected chi connectivity index (χ0v) is 12.7. The molecule has 0 spiro atoms. The molecule has 0 unspecified atom stereocenters. The lowest BCUT2D eigenvalue weighted by Crippen LogP contribution is -2.18. The molecule has 6 nitrogen and oxygen atoms in total. The molecule has 116 valence electrons. The number of hydrogen-bond acceptors (Lipinski definition) is 4. The second-order valence-corrected chi connectivity index (χ2v) is 5.55. The summed E-state index contributed by atoms with van der Waals surface area (Å²) < 4.78 is 8.80. The van der Waals surface area contributed by atoms with Gasteiger partial charge in [-0.1, -0.05) is 18.2 Å². The number of hydrogen-bond donors (Lipinski definition) is 0. The van der Waals surface area contributed by atoms with Gasteiger partial charge in [0.1, 0.15) is 0 Å². The first kappa shape index (κ1) is 13.8. The fourth-order valence-corrected chi connectivity index (χ4v) is 2.58. The number of para-hydroxylation sites is 1. The fraction of sp³-hybridized carbons (Fsp3) is 0.235. The van der Waals surface area contributed by atoms with Gasteiger partial charge >= 0.3 is 0 Å². The van der Waals surface area contributed by atoms with Crippen molar-refractivity contribution >= 4 is 0 Å². The first-order chi connectivity index (χ1) is 11.3. The molecule has 2 heterocycles. The maximum Gasteiger partial charge on any atom is 0.251 e. The van der Waals surface area contributed by atoms with E-state index in [-0.39, 0.29) is 5.43 Å². The molecule has 0 radical (unpaired) electrons. The van der Waals surface area contributed by atoms with Crippen molar-refractivity contribution in [2.24, 2.45) is 0 Å². The highest BCUT2D eigenvalue weighted by atomic mass is 16.5. The zero-order chi connectivity index (χ0) is 15.8. The molecule has 1 saturated carbocycles. The summed E-state index contributed by atoms with van der Waals surface area (Å²) in [6.07, 6.45) is 5.52. The molecule has 3 aromatic rings. The van der Waals surface area contributed by atoms with Crippen LogP contribution in [0.5, 0.6) is 5.75 Å². The first-order valence-corrected chi connectivity index (χ1v) is 7.55. The van der Waals surface area contributed by atoms with Gasteiger partial charge in [0, 0.05) is 0 Å². The SMILES string of the molecule is COc1cn(C2CC2)nc(-c2ccnn2-c2ccccc2)c1=O. The number of rotatable bonds is 4. The van der Waals surface area contributed by atoms with Crippen molar-refractivity contribution in [2.45, 2.75) is 18.9 Å². The van der Waals surface area contributed by atoms with Crippen molar-refractivity contribution in [2.75, 3.05) is 7.11 Å². The van der Waals surface area contributed by atoms with Crippen molar-refractivity contribution in [3.8, 4) is 22.8 Å². The van der Waals surface area contributed by atoms with Gasteiger partial charge in [0.05, 0.1) is 36.9 Å². The van der Waals surface area contributed by atoms with E-state index in [1.165, 1.54) is 7.11 Å². The molecule has 0 amide bonds. The molecule has 4 rings (SSSR count). The van der Waals surface area contributed by atoms with Gasteiger partial charge in [0.15, 0.2) is 11.4 Å². The standard InChI is InChI=1S/C17H16N4O2/c1-23-15-11-20(12-7-8-12)19-16(17(15)22)14-9-10-18-21(14)13-5-3-2-4-6-13/h2-6,9-12H,7-8H2,1H3. The Balaban J connectivity index is 1.90. The maximum atomic E-state index is 12.6. The minimum atomic E-state index is -0.220. The highest BCUT2D eigenvalue weighted by molar-refractivity contribution is 5.58. The molecular formula is C17H16N4O2. The lowest BCUT2D eigenvalue weighted by atomic mass is 10.2. The number of methoxy groups -OCH3 is 1. The van der Waals surface area contributed by atoms with E-state index < -0.39 is 0 Å². The Kier molecular flexibility index (Phi) is 3.22. The van der Waals surface area contributed by atoms with E-state index in [1.54, 1.807) is 23.1 Å². The van der Waals surface area contributed by atoms with Crippen molar-refractivity contribution in [1.82, 2.24) is 19.6 Å². The molecule has 1 aromatic carbocycles. The van der Waals surface area contributed by atoms with Crippen LogP contribution >= 0.6 is 0 Å². The minimum Gasteiger partial charge on any atom is -0.491 e. The number of benzene rings is 1. The molecule has 23 heavy (non-hydrogen) atoms. The summed E-state index contributed by atoms with van der Waals surface area (Å²) in [5.74, 6) is 0.308. The van der Waals surface area contributed by atoms with Gasteiger partial charge < -0.3 is 4.74 Å². The molecule has 0 bridgehead atoms. The van der Waals surface area contributed by atoms with E-state index in [1.807, 2.05) is 35.0 Å². The first-order valence-electron chi connectivity index (χ1n) is 7.55. The van der Waals surface area contributed by atoms with E-state index in [9.17, 15) is 4.79 Å². The van der Waals surface area contributed by atoms with Crippen molar-refractivity contribution in [3.05, 3.63) is 59.0 Å².